The Hall–Kier alpha value is -0.650. The Kier molecular flexibility index (Phi) is 3.24. The molecule has 1 aromatic carbocycles. The minimum absolute atomic E-state index is 0.183. The largest absolute Gasteiger partial charge is 0.505 e. The van der Waals surface area contributed by atoms with Gasteiger partial charge in [-0.25, -0.2) is 4.39 Å². The van der Waals surface area contributed by atoms with E-state index in [0.717, 1.165) is 6.07 Å². The molecule has 0 unspecified atom stereocenters. The molecule has 0 spiro atoms. The molecular weight excluding hydrogens is 241 g/mol. The van der Waals surface area contributed by atoms with Gasteiger partial charge in [0.2, 0.25) is 0 Å². The predicted molar refractivity (Wildman–Crippen MR) is 49.8 cm³/mol. The van der Waals surface area contributed by atoms with Gasteiger partial charge in [0.05, 0.1) is 12.6 Å². The summed E-state index contributed by atoms with van der Waals surface area (Å²) in [6.45, 7) is -0.352. The van der Waals surface area contributed by atoms with Gasteiger partial charge in [-0.3, -0.25) is 0 Å². The van der Waals surface area contributed by atoms with Crippen molar-refractivity contribution in [2.24, 2.45) is 5.73 Å². The number of hydrogen-bond donors (Lipinski definition) is 3. The first-order valence-electron chi connectivity index (χ1n) is 3.61. The molecule has 3 nitrogen and oxygen atoms in total. The molecule has 0 amide bonds. The summed E-state index contributed by atoms with van der Waals surface area (Å²) in [6, 6.07) is 1.76. The van der Waals surface area contributed by atoms with E-state index >= 15 is 0 Å². The number of aliphatic hydroxyl groups is 1. The number of benzene rings is 1. The summed E-state index contributed by atoms with van der Waals surface area (Å²) in [5.74, 6) is -1.27. The Morgan fingerprint density at radius 2 is 2.15 bits per heavy atom. The first-order valence-corrected chi connectivity index (χ1v) is 4.40. The van der Waals surface area contributed by atoms with Crippen LogP contribution in [0.2, 0.25) is 0 Å². The summed E-state index contributed by atoms with van der Waals surface area (Å²) in [4.78, 5) is 0. The second-order valence-electron chi connectivity index (χ2n) is 2.58. The number of rotatable bonds is 2. The van der Waals surface area contributed by atoms with E-state index in [1.54, 1.807) is 0 Å². The first kappa shape index (κ1) is 10.4. The second kappa shape index (κ2) is 4.04. The zero-order valence-electron chi connectivity index (χ0n) is 6.67. The molecule has 0 fully saturated rings. The minimum Gasteiger partial charge on any atom is -0.505 e. The van der Waals surface area contributed by atoms with Crippen molar-refractivity contribution in [2.45, 2.75) is 6.04 Å². The van der Waals surface area contributed by atoms with Gasteiger partial charge in [-0.2, -0.15) is 0 Å². The van der Waals surface area contributed by atoms with Crippen LogP contribution < -0.4 is 5.73 Å². The third kappa shape index (κ3) is 1.99. The van der Waals surface area contributed by atoms with Gasteiger partial charge in [-0.1, -0.05) is 15.9 Å². The highest BCUT2D eigenvalue weighted by molar-refractivity contribution is 9.10. The van der Waals surface area contributed by atoms with Crippen LogP contribution >= 0.6 is 15.9 Å². The second-order valence-corrected chi connectivity index (χ2v) is 3.43. The monoisotopic (exact) mass is 249 g/mol. The van der Waals surface area contributed by atoms with Gasteiger partial charge >= 0.3 is 0 Å². The Labute approximate surface area is 83.1 Å². The third-order valence-electron chi connectivity index (χ3n) is 1.68. The molecule has 0 aliphatic heterocycles. The molecule has 0 radical (unpaired) electrons. The third-order valence-corrected chi connectivity index (χ3v) is 2.37. The average molecular weight is 250 g/mol. The van der Waals surface area contributed by atoms with Gasteiger partial charge in [-0.05, 0) is 12.1 Å². The quantitative estimate of drug-likeness (QED) is 0.740. The molecule has 0 bridgehead atoms. The molecule has 1 atom stereocenters. The maximum atomic E-state index is 12.8. The number of aliphatic hydroxyl groups excluding tert-OH is 1. The number of aromatic hydroxyl groups is 1. The highest BCUT2D eigenvalue weighted by Crippen LogP contribution is 2.32. The molecule has 5 heteroatoms. The van der Waals surface area contributed by atoms with Crippen LogP contribution in [0.1, 0.15) is 11.6 Å². The fraction of sp³-hybridized carbons (Fsp3) is 0.250. The summed E-state index contributed by atoms with van der Waals surface area (Å²) >= 11 is 3.10. The highest BCUT2D eigenvalue weighted by atomic mass is 79.9. The van der Waals surface area contributed by atoms with Gasteiger partial charge in [0.15, 0.2) is 11.6 Å². The smallest absolute Gasteiger partial charge is 0.165 e. The zero-order valence-corrected chi connectivity index (χ0v) is 8.25. The van der Waals surface area contributed by atoms with Crippen LogP contribution in [0.5, 0.6) is 5.75 Å². The van der Waals surface area contributed by atoms with E-state index in [9.17, 15) is 9.50 Å². The fourth-order valence-corrected chi connectivity index (χ4v) is 1.61. The number of nitrogens with two attached hydrogens (primary N) is 1. The van der Waals surface area contributed by atoms with E-state index in [-0.39, 0.29) is 12.2 Å². The van der Waals surface area contributed by atoms with E-state index < -0.39 is 17.6 Å². The topological polar surface area (TPSA) is 66.5 Å². The maximum absolute atomic E-state index is 12.8. The number of hydrogen-bond acceptors (Lipinski definition) is 3. The van der Waals surface area contributed by atoms with Crippen LogP contribution in [-0.2, 0) is 0 Å². The van der Waals surface area contributed by atoms with Crippen molar-refractivity contribution >= 4 is 15.9 Å². The average Bonchev–Trinajstić information content (AvgIpc) is 2.12. The molecule has 0 heterocycles. The van der Waals surface area contributed by atoms with Crippen molar-refractivity contribution < 1.29 is 14.6 Å². The van der Waals surface area contributed by atoms with Crippen LogP contribution in [0.3, 0.4) is 0 Å². The molecule has 0 saturated heterocycles. The molecular formula is C8H9BrFNO2. The van der Waals surface area contributed by atoms with Crippen LogP contribution in [0.4, 0.5) is 4.39 Å². The van der Waals surface area contributed by atoms with Gasteiger partial charge in [0, 0.05) is 10.0 Å². The van der Waals surface area contributed by atoms with E-state index in [1.807, 2.05) is 0 Å². The Morgan fingerprint density at radius 3 is 2.69 bits per heavy atom. The molecule has 1 aromatic rings. The summed E-state index contributed by atoms with van der Waals surface area (Å²) in [5, 5.41) is 18.0. The summed E-state index contributed by atoms with van der Waals surface area (Å²) < 4.78 is 13.3. The lowest BCUT2D eigenvalue weighted by atomic mass is 10.1. The Balaban J connectivity index is 3.25. The van der Waals surface area contributed by atoms with Crippen molar-refractivity contribution in [2.75, 3.05) is 6.61 Å². The number of halogens is 2. The van der Waals surface area contributed by atoms with Crippen LogP contribution in [0.15, 0.2) is 16.6 Å². The molecule has 0 aliphatic rings. The van der Waals surface area contributed by atoms with Gasteiger partial charge in [0.25, 0.3) is 0 Å². The summed E-state index contributed by atoms with van der Waals surface area (Å²) in [7, 11) is 0. The Bertz CT molecular complexity index is 319. The molecule has 13 heavy (non-hydrogen) atoms. The molecule has 0 saturated carbocycles. The van der Waals surface area contributed by atoms with Crippen molar-refractivity contribution in [1.82, 2.24) is 0 Å². The molecule has 72 valence electrons. The van der Waals surface area contributed by atoms with Crippen LogP contribution in [-0.4, -0.2) is 16.8 Å². The van der Waals surface area contributed by atoms with E-state index in [0.29, 0.717) is 4.47 Å². The van der Waals surface area contributed by atoms with Crippen molar-refractivity contribution in [3.63, 3.8) is 0 Å². The van der Waals surface area contributed by atoms with E-state index in [4.69, 9.17) is 10.8 Å². The predicted octanol–water partition coefficient (Wildman–Crippen LogP) is 1.29. The number of phenolic OH excluding ortho intramolecular Hbond substituents is 1. The normalized spacial score (nSPS) is 12.9. The van der Waals surface area contributed by atoms with E-state index in [2.05, 4.69) is 15.9 Å². The maximum Gasteiger partial charge on any atom is 0.165 e. The van der Waals surface area contributed by atoms with Crippen LogP contribution in [0.25, 0.3) is 0 Å². The zero-order chi connectivity index (χ0) is 10.0. The first-order chi connectivity index (χ1) is 6.07. The van der Waals surface area contributed by atoms with Crippen molar-refractivity contribution in [1.29, 1.82) is 0 Å². The molecule has 4 N–H and O–H groups in total. The Morgan fingerprint density at radius 1 is 1.54 bits per heavy atom. The molecule has 1 rings (SSSR count). The van der Waals surface area contributed by atoms with Gasteiger partial charge in [-0.15, -0.1) is 0 Å². The number of phenols is 1. The lowest BCUT2D eigenvalue weighted by Crippen LogP contribution is -2.15. The van der Waals surface area contributed by atoms with Crippen molar-refractivity contribution in [3.05, 3.63) is 28.0 Å². The minimum atomic E-state index is -0.787. The lowest BCUT2D eigenvalue weighted by molar-refractivity contribution is 0.264. The van der Waals surface area contributed by atoms with E-state index in [1.165, 1.54) is 6.07 Å². The summed E-state index contributed by atoms with van der Waals surface area (Å²) in [5.41, 5.74) is 5.64. The van der Waals surface area contributed by atoms with Crippen LogP contribution in [0, 0.1) is 5.82 Å². The molecule has 0 aromatic heterocycles. The van der Waals surface area contributed by atoms with Gasteiger partial charge < -0.3 is 15.9 Å². The molecule has 0 aliphatic carbocycles. The van der Waals surface area contributed by atoms with Crippen molar-refractivity contribution in [3.8, 4) is 5.75 Å². The highest BCUT2D eigenvalue weighted by Gasteiger charge is 2.16. The standard InChI is InChI=1S/C8H9BrFNO2/c9-4-1-2-5(10)8(13)7(4)6(11)3-12/h1-2,6,12-13H,3,11H2/t6-/m1/s1. The lowest BCUT2D eigenvalue weighted by Gasteiger charge is -2.12. The summed E-state index contributed by atoms with van der Waals surface area (Å²) in [6.07, 6.45) is 0. The fourth-order valence-electron chi connectivity index (χ4n) is 1.00. The van der Waals surface area contributed by atoms with Gasteiger partial charge in [0.1, 0.15) is 0 Å². The SMILES string of the molecule is N[C@H](CO)c1c(Br)ccc(F)c1O.